The van der Waals surface area contributed by atoms with E-state index in [0.717, 1.165) is 4.31 Å². The average Bonchev–Trinajstić information content (AvgIpc) is 2.63. The highest BCUT2D eigenvalue weighted by Crippen LogP contribution is 2.27. The van der Waals surface area contributed by atoms with Gasteiger partial charge in [0.2, 0.25) is 15.9 Å². The molecule has 1 aromatic carbocycles. The minimum atomic E-state index is -3.97. The van der Waals surface area contributed by atoms with E-state index in [4.69, 9.17) is 27.9 Å². The Morgan fingerprint density at radius 3 is 2.33 bits per heavy atom. The average molecular weight is 438 g/mol. The minimum Gasteiger partial charge on any atom is -0.450 e. The molecule has 2 amide bonds. The van der Waals surface area contributed by atoms with Crippen molar-refractivity contribution < 1.29 is 22.7 Å². The van der Waals surface area contributed by atoms with Crippen LogP contribution in [-0.4, -0.2) is 80.9 Å². The number of amides is 2. The molecular weight excluding hydrogens is 417 g/mol. The number of carbonyl (C=O) groups excluding carboxylic acids is 2. The zero-order chi connectivity index (χ0) is 20.2. The highest BCUT2D eigenvalue weighted by atomic mass is 35.5. The maximum absolute atomic E-state index is 12.7. The molecule has 1 saturated heterocycles. The summed E-state index contributed by atoms with van der Waals surface area (Å²) in [6, 6.07) is 4.12. The molecule has 0 aromatic heterocycles. The molecule has 1 aromatic rings. The highest BCUT2D eigenvalue weighted by molar-refractivity contribution is 7.89. The fourth-order valence-corrected chi connectivity index (χ4v) is 4.42. The maximum atomic E-state index is 12.7. The van der Waals surface area contributed by atoms with Crippen molar-refractivity contribution >= 4 is 45.2 Å². The number of hydrogen-bond donors (Lipinski definition) is 0. The molecule has 0 N–H and O–H groups in total. The number of nitrogens with zero attached hydrogens (tertiary/aromatic N) is 3. The molecule has 0 radical (unpaired) electrons. The van der Waals surface area contributed by atoms with Gasteiger partial charge in [-0.15, -0.1) is 0 Å². The Labute approximate surface area is 168 Å². The fourth-order valence-electron chi connectivity index (χ4n) is 2.57. The first-order valence-corrected chi connectivity index (χ1v) is 10.5. The summed E-state index contributed by atoms with van der Waals surface area (Å²) in [5.41, 5.74) is 0. The number of hydrogen-bond acceptors (Lipinski definition) is 5. The Morgan fingerprint density at radius 1 is 1.15 bits per heavy atom. The van der Waals surface area contributed by atoms with E-state index in [2.05, 4.69) is 0 Å². The molecule has 27 heavy (non-hydrogen) atoms. The van der Waals surface area contributed by atoms with Crippen LogP contribution in [0.4, 0.5) is 4.79 Å². The smallest absolute Gasteiger partial charge is 0.409 e. The van der Waals surface area contributed by atoms with Crippen LogP contribution in [0.2, 0.25) is 10.0 Å². The van der Waals surface area contributed by atoms with Gasteiger partial charge in [-0.25, -0.2) is 13.2 Å². The van der Waals surface area contributed by atoms with E-state index in [1.54, 1.807) is 6.92 Å². The number of carbonyl (C=O) groups is 2. The van der Waals surface area contributed by atoms with Crippen molar-refractivity contribution in [2.45, 2.75) is 11.8 Å². The normalized spacial score (nSPS) is 15.1. The second-order valence-corrected chi connectivity index (χ2v) is 8.76. The van der Waals surface area contributed by atoms with Crippen LogP contribution in [0.25, 0.3) is 0 Å². The van der Waals surface area contributed by atoms with Crippen LogP contribution in [0.15, 0.2) is 23.1 Å². The number of ether oxygens (including phenoxy) is 1. The standard InChI is InChI=1S/C16H21Cl2N3O5S/c1-3-26-16(23)21-8-6-20(7-9-21)15(22)11-19(2)27(24,25)14-10-12(17)4-5-13(14)18/h4-5,10H,3,6-9,11H2,1-2H3. The van der Waals surface area contributed by atoms with Crippen LogP contribution in [0.3, 0.4) is 0 Å². The summed E-state index contributed by atoms with van der Waals surface area (Å²) < 4.78 is 31.2. The molecule has 8 nitrogen and oxygen atoms in total. The molecule has 1 fully saturated rings. The van der Waals surface area contributed by atoms with Gasteiger partial charge in [-0.1, -0.05) is 23.2 Å². The highest BCUT2D eigenvalue weighted by Gasteiger charge is 2.29. The summed E-state index contributed by atoms with van der Waals surface area (Å²) in [5, 5.41) is 0.259. The van der Waals surface area contributed by atoms with Crippen LogP contribution >= 0.6 is 23.2 Å². The van der Waals surface area contributed by atoms with Gasteiger partial charge in [0.1, 0.15) is 4.90 Å². The number of piperazine rings is 1. The van der Waals surface area contributed by atoms with Gasteiger partial charge < -0.3 is 14.5 Å². The van der Waals surface area contributed by atoms with Crippen molar-refractivity contribution in [2.75, 3.05) is 46.4 Å². The number of benzene rings is 1. The predicted octanol–water partition coefficient (Wildman–Crippen LogP) is 1.91. The van der Waals surface area contributed by atoms with Crippen LogP contribution in [0, 0.1) is 0 Å². The molecule has 0 atom stereocenters. The van der Waals surface area contributed by atoms with Gasteiger partial charge in [0.05, 0.1) is 18.2 Å². The third-order valence-electron chi connectivity index (χ3n) is 4.10. The lowest BCUT2D eigenvalue weighted by Gasteiger charge is -2.34. The number of halogens is 2. The zero-order valence-corrected chi connectivity index (χ0v) is 17.4. The largest absolute Gasteiger partial charge is 0.450 e. The number of likely N-dealkylation sites (N-methyl/N-ethyl adjacent to an activating group) is 1. The lowest BCUT2D eigenvalue weighted by atomic mass is 10.3. The summed E-state index contributed by atoms with van der Waals surface area (Å²) in [4.78, 5) is 27.0. The van der Waals surface area contributed by atoms with Crippen LogP contribution < -0.4 is 0 Å². The van der Waals surface area contributed by atoms with Crippen LogP contribution in [-0.2, 0) is 19.6 Å². The van der Waals surface area contributed by atoms with E-state index >= 15 is 0 Å². The Kier molecular flexibility index (Phi) is 7.32. The van der Waals surface area contributed by atoms with Crippen molar-refractivity contribution in [1.29, 1.82) is 0 Å². The minimum absolute atomic E-state index is 0.0294. The van der Waals surface area contributed by atoms with E-state index in [1.807, 2.05) is 0 Å². The van der Waals surface area contributed by atoms with Gasteiger partial charge in [0, 0.05) is 38.2 Å². The second-order valence-electron chi connectivity index (χ2n) is 5.90. The maximum Gasteiger partial charge on any atom is 0.409 e. The first-order valence-electron chi connectivity index (χ1n) is 8.27. The van der Waals surface area contributed by atoms with Gasteiger partial charge in [0.25, 0.3) is 0 Å². The molecule has 0 spiro atoms. The molecule has 150 valence electrons. The number of sulfonamides is 1. The molecular formula is C16H21Cl2N3O5S. The van der Waals surface area contributed by atoms with Crippen molar-refractivity contribution in [3.63, 3.8) is 0 Å². The summed E-state index contributed by atoms with van der Waals surface area (Å²) >= 11 is 11.8. The monoisotopic (exact) mass is 437 g/mol. The molecule has 0 aliphatic carbocycles. The topological polar surface area (TPSA) is 87.2 Å². The zero-order valence-electron chi connectivity index (χ0n) is 15.0. The molecule has 0 bridgehead atoms. The first-order chi connectivity index (χ1) is 12.7. The lowest BCUT2D eigenvalue weighted by molar-refractivity contribution is -0.132. The van der Waals surface area contributed by atoms with E-state index in [1.165, 1.54) is 35.0 Å². The first kappa shape index (κ1) is 21.7. The molecule has 1 aliphatic heterocycles. The van der Waals surface area contributed by atoms with Crippen molar-refractivity contribution in [1.82, 2.24) is 14.1 Å². The summed E-state index contributed by atoms with van der Waals surface area (Å²) in [5.74, 6) is -0.359. The third-order valence-corrected chi connectivity index (χ3v) is 6.62. The van der Waals surface area contributed by atoms with E-state index in [9.17, 15) is 18.0 Å². The summed E-state index contributed by atoms with van der Waals surface area (Å²) in [7, 11) is -2.67. The predicted molar refractivity (Wildman–Crippen MR) is 101 cm³/mol. The van der Waals surface area contributed by atoms with Crippen molar-refractivity contribution in [2.24, 2.45) is 0 Å². The van der Waals surface area contributed by atoms with Crippen molar-refractivity contribution in [3.8, 4) is 0 Å². The Bertz CT molecular complexity index is 810. The van der Waals surface area contributed by atoms with Gasteiger partial charge in [-0.3, -0.25) is 4.79 Å². The second kappa shape index (κ2) is 9.09. The molecule has 2 rings (SSSR count). The van der Waals surface area contributed by atoms with Gasteiger partial charge in [-0.05, 0) is 25.1 Å². The molecule has 1 aliphatic rings. The number of rotatable bonds is 5. The molecule has 0 saturated carbocycles. The van der Waals surface area contributed by atoms with Crippen molar-refractivity contribution in [3.05, 3.63) is 28.2 Å². The summed E-state index contributed by atoms with van der Waals surface area (Å²) in [6.45, 7) is 2.95. The SMILES string of the molecule is CCOC(=O)N1CCN(C(=O)CN(C)S(=O)(=O)c2cc(Cl)ccc2Cl)CC1. The lowest BCUT2D eigenvalue weighted by Crippen LogP contribution is -2.52. The van der Waals surface area contributed by atoms with Crippen LogP contribution in [0.1, 0.15) is 6.92 Å². The Morgan fingerprint density at radius 2 is 1.74 bits per heavy atom. The van der Waals surface area contributed by atoms with Gasteiger partial charge in [0.15, 0.2) is 0 Å². The Balaban J connectivity index is 1.99. The van der Waals surface area contributed by atoms with Gasteiger partial charge in [-0.2, -0.15) is 4.31 Å². The third kappa shape index (κ3) is 5.25. The molecule has 1 heterocycles. The van der Waals surface area contributed by atoms with Crippen LogP contribution in [0.5, 0.6) is 0 Å². The summed E-state index contributed by atoms with van der Waals surface area (Å²) in [6.07, 6.45) is -0.417. The Hall–Kier alpha value is -1.55. The van der Waals surface area contributed by atoms with E-state index in [0.29, 0.717) is 26.2 Å². The van der Waals surface area contributed by atoms with E-state index < -0.39 is 16.1 Å². The molecule has 0 unspecified atom stereocenters. The fraction of sp³-hybridized carbons (Fsp3) is 0.500. The molecule has 11 heteroatoms. The van der Waals surface area contributed by atoms with E-state index in [-0.39, 0.29) is 34.0 Å². The quantitative estimate of drug-likeness (QED) is 0.701. The van der Waals surface area contributed by atoms with Gasteiger partial charge >= 0.3 is 6.09 Å².